The first-order chi connectivity index (χ1) is 8.09. The summed E-state index contributed by atoms with van der Waals surface area (Å²) < 4.78 is 26.2. The molecule has 0 radical (unpaired) electrons. The minimum atomic E-state index is -3.26. The maximum atomic E-state index is 11.8. The predicted molar refractivity (Wildman–Crippen MR) is 68.5 cm³/mol. The fraction of sp³-hybridized carbons (Fsp3) is 0.700. The van der Waals surface area contributed by atoms with Gasteiger partial charge in [0.2, 0.25) is 10.0 Å². The van der Waals surface area contributed by atoms with Gasteiger partial charge in [-0.2, -0.15) is 0 Å². The highest BCUT2D eigenvalue weighted by Crippen LogP contribution is 2.13. The Morgan fingerprint density at radius 2 is 2.29 bits per heavy atom. The average molecular weight is 280 g/mol. The van der Waals surface area contributed by atoms with E-state index in [0.29, 0.717) is 31.0 Å². The Hall–Kier alpha value is -0.590. The number of imidazole rings is 1. The van der Waals surface area contributed by atoms with Crippen molar-refractivity contribution in [2.75, 3.05) is 11.6 Å². The molecule has 17 heavy (non-hydrogen) atoms. The summed E-state index contributed by atoms with van der Waals surface area (Å²) in [7, 11) is -3.26. The molecule has 0 aliphatic carbocycles. The van der Waals surface area contributed by atoms with Gasteiger partial charge in [0.1, 0.15) is 5.82 Å². The zero-order valence-electron chi connectivity index (χ0n) is 9.82. The number of aromatic nitrogens is 2. The quantitative estimate of drug-likeness (QED) is 0.563. The second-order valence-corrected chi connectivity index (χ2v) is 6.02. The number of nitrogens with zero attached hydrogens (tertiary/aromatic N) is 1. The maximum absolute atomic E-state index is 11.8. The molecule has 1 aromatic rings. The maximum Gasteiger partial charge on any atom is 0.212 e. The van der Waals surface area contributed by atoms with Gasteiger partial charge in [-0.3, -0.25) is 0 Å². The van der Waals surface area contributed by atoms with Gasteiger partial charge in [-0.15, -0.1) is 11.6 Å². The van der Waals surface area contributed by atoms with E-state index in [1.165, 1.54) is 0 Å². The number of hydrogen-bond acceptors (Lipinski definition) is 3. The molecule has 2 N–H and O–H groups in total. The Kier molecular flexibility index (Phi) is 5.94. The van der Waals surface area contributed by atoms with E-state index in [-0.39, 0.29) is 11.8 Å². The van der Waals surface area contributed by atoms with Crippen molar-refractivity contribution in [2.45, 2.75) is 32.2 Å². The standard InChI is InChI=1S/C10H18ClN3O2S/c1-2-9(10-12-6-7-13-10)14-17(15,16)8-4-3-5-11/h6-7,9,14H,2-5,8H2,1H3,(H,12,13). The van der Waals surface area contributed by atoms with Gasteiger partial charge in [0.25, 0.3) is 0 Å². The minimum Gasteiger partial charge on any atom is -0.347 e. The first-order valence-corrected chi connectivity index (χ1v) is 7.83. The lowest BCUT2D eigenvalue weighted by Crippen LogP contribution is -2.31. The number of halogens is 1. The van der Waals surface area contributed by atoms with Crippen molar-refractivity contribution in [2.24, 2.45) is 0 Å². The summed E-state index contributed by atoms with van der Waals surface area (Å²) in [6.07, 6.45) is 5.23. The van der Waals surface area contributed by atoms with Gasteiger partial charge in [0, 0.05) is 18.3 Å². The van der Waals surface area contributed by atoms with Crippen molar-refractivity contribution in [3.8, 4) is 0 Å². The molecule has 0 aliphatic heterocycles. The largest absolute Gasteiger partial charge is 0.347 e. The van der Waals surface area contributed by atoms with Crippen LogP contribution in [0.2, 0.25) is 0 Å². The molecule has 0 saturated heterocycles. The molecule has 1 atom stereocenters. The van der Waals surface area contributed by atoms with Crippen LogP contribution in [0.1, 0.15) is 38.1 Å². The Morgan fingerprint density at radius 3 is 2.82 bits per heavy atom. The van der Waals surface area contributed by atoms with Crippen molar-refractivity contribution in [3.05, 3.63) is 18.2 Å². The van der Waals surface area contributed by atoms with Gasteiger partial charge in [-0.1, -0.05) is 6.92 Å². The molecule has 0 amide bonds. The molecule has 0 spiro atoms. The Morgan fingerprint density at radius 1 is 1.53 bits per heavy atom. The van der Waals surface area contributed by atoms with Gasteiger partial charge in [-0.05, 0) is 19.3 Å². The lowest BCUT2D eigenvalue weighted by molar-refractivity contribution is 0.537. The molecule has 98 valence electrons. The van der Waals surface area contributed by atoms with Crippen LogP contribution < -0.4 is 4.72 Å². The van der Waals surface area contributed by atoms with Crippen LogP contribution in [0, 0.1) is 0 Å². The summed E-state index contributed by atoms with van der Waals surface area (Å²) in [6, 6.07) is -0.286. The fourth-order valence-electron chi connectivity index (χ4n) is 1.46. The molecule has 1 unspecified atom stereocenters. The van der Waals surface area contributed by atoms with E-state index in [1.54, 1.807) is 12.4 Å². The van der Waals surface area contributed by atoms with Crippen molar-refractivity contribution in [3.63, 3.8) is 0 Å². The average Bonchev–Trinajstić information content (AvgIpc) is 2.79. The topological polar surface area (TPSA) is 74.8 Å². The van der Waals surface area contributed by atoms with Gasteiger partial charge in [0.15, 0.2) is 0 Å². The van der Waals surface area contributed by atoms with E-state index >= 15 is 0 Å². The highest BCUT2D eigenvalue weighted by molar-refractivity contribution is 7.89. The van der Waals surface area contributed by atoms with Gasteiger partial charge >= 0.3 is 0 Å². The Labute approximate surface area is 107 Å². The van der Waals surface area contributed by atoms with Gasteiger partial charge < -0.3 is 4.98 Å². The predicted octanol–water partition coefficient (Wildman–Crippen LogP) is 1.80. The van der Waals surface area contributed by atoms with Crippen molar-refractivity contribution >= 4 is 21.6 Å². The summed E-state index contributed by atoms with van der Waals surface area (Å²) in [5, 5.41) is 0. The molecule has 0 fully saturated rings. The molecule has 0 bridgehead atoms. The molecule has 7 heteroatoms. The number of aromatic amines is 1. The van der Waals surface area contributed by atoms with E-state index in [0.717, 1.165) is 0 Å². The van der Waals surface area contributed by atoms with Gasteiger partial charge in [-0.25, -0.2) is 18.1 Å². The Bertz CT molecular complexity index is 405. The van der Waals surface area contributed by atoms with E-state index in [4.69, 9.17) is 11.6 Å². The smallest absolute Gasteiger partial charge is 0.212 e. The van der Waals surface area contributed by atoms with Crippen LogP contribution in [0.4, 0.5) is 0 Å². The summed E-state index contributed by atoms with van der Waals surface area (Å²) in [6.45, 7) is 1.91. The van der Waals surface area contributed by atoms with Crippen molar-refractivity contribution < 1.29 is 8.42 Å². The fourth-order valence-corrected chi connectivity index (χ4v) is 3.07. The van der Waals surface area contributed by atoms with Crippen LogP contribution in [0.15, 0.2) is 12.4 Å². The summed E-state index contributed by atoms with van der Waals surface area (Å²) in [5.41, 5.74) is 0. The van der Waals surface area contributed by atoms with Crippen LogP contribution >= 0.6 is 11.6 Å². The molecular formula is C10H18ClN3O2S. The van der Waals surface area contributed by atoms with Crippen LogP contribution in [0.3, 0.4) is 0 Å². The monoisotopic (exact) mass is 279 g/mol. The highest BCUT2D eigenvalue weighted by atomic mass is 35.5. The summed E-state index contributed by atoms with van der Waals surface area (Å²) in [4.78, 5) is 6.98. The molecule has 0 aromatic carbocycles. The Balaban J connectivity index is 2.56. The second-order valence-electron chi connectivity index (χ2n) is 3.77. The van der Waals surface area contributed by atoms with Crippen LogP contribution in [-0.4, -0.2) is 30.0 Å². The number of nitrogens with one attached hydrogen (secondary N) is 2. The molecule has 0 aliphatic rings. The molecule has 5 nitrogen and oxygen atoms in total. The first kappa shape index (κ1) is 14.5. The van der Waals surface area contributed by atoms with Crippen molar-refractivity contribution in [1.29, 1.82) is 0 Å². The number of alkyl halides is 1. The number of hydrogen-bond donors (Lipinski definition) is 2. The highest BCUT2D eigenvalue weighted by Gasteiger charge is 2.19. The third-order valence-corrected chi connectivity index (χ3v) is 4.11. The molecule has 1 rings (SSSR count). The van der Waals surface area contributed by atoms with Crippen LogP contribution in [0.5, 0.6) is 0 Å². The SMILES string of the molecule is CCC(NS(=O)(=O)CCCCCl)c1ncc[nH]1. The second kappa shape index (κ2) is 6.98. The molecule has 1 heterocycles. The lowest BCUT2D eigenvalue weighted by Gasteiger charge is -2.14. The number of H-pyrrole nitrogens is 1. The minimum absolute atomic E-state index is 0.108. The summed E-state index contributed by atoms with van der Waals surface area (Å²) >= 11 is 5.51. The zero-order chi connectivity index (χ0) is 12.7. The van der Waals surface area contributed by atoms with E-state index in [1.807, 2.05) is 6.92 Å². The number of sulfonamides is 1. The van der Waals surface area contributed by atoms with Gasteiger partial charge in [0.05, 0.1) is 11.8 Å². The zero-order valence-corrected chi connectivity index (χ0v) is 11.4. The lowest BCUT2D eigenvalue weighted by atomic mass is 10.2. The third kappa shape index (κ3) is 5.06. The first-order valence-electron chi connectivity index (χ1n) is 5.64. The van der Waals surface area contributed by atoms with E-state index < -0.39 is 10.0 Å². The number of rotatable bonds is 8. The molecular weight excluding hydrogens is 262 g/mol. The summed E-state index contributed by atoms with van der Waals surface area (Å²) in [5.74, 6) is 1.25. The van der Waals surface area contributed by atoms with Crippen molar-refractivity contribution in [1.82, 2.24) is 14.7 Å². The van der Waals surface area contributed by atoms with E-state index in [9.17, 15) is 8.42 Å². The number of unbranched alkanes of at least 4 members (excludes halogenated alkanes) is 1. The molecule has 0 saturated carbocycles. The van der Waals surface area contributed by atoms with Crippen LogP contribution in [-0.2, 0) is 10.0 Å². The molecule has 1 aromatic heterocycles. The normalized spacial score (nSPS) is 13.8. The third-order valence-electron chi connectivity index (χ3n) is 2.38. The van der Waals surface area contributed by atoms with Crippen LogP contribution in [0.25, 0.3) is 0 Å². The van der Waals surface area contributed by atoms with E-state index in [2.05, 4.69) is 14.7 Å².